The molecule has 176 valence electrons. The molecule has 34 heavy (non-hydrogen) atoms. The van der Waals surface area contributed by atoms with Crippen LogP contribution in [0.4, 0.5) is 11.4 Å². The number of esters is 1. The van der Waals surface area contributed by atoms with Crippen LogP contribution in [0, 0.1) is 13.8 Å². The quantitative estimate of drug-likeness (QED) is 0.354. The van der Waals surface area contributed by atoms with E-state index in [9.17, 15) is 14.4 Å². The zero-order valence-electron chi connectivity index (χ0n) is 18.9. The standard InChI is InChI=1S/C26H25ClN2O4S/c1-17-13-18(2)15-21(14-17)29-25(31)16-33-26(32)12-11-24(30)28-20-5-9-23(10-6-20)34-22-7-3-19(27)4-8-22/h3-10,13-15H,11-12,16H2,1-2H3,(H,28,30)(H,29,31). The van der Waals surface area contributed by atoms with Crippen LogP contribution in [0.2, 0.25) is 5.02 Å². The van der Waals surface area contributed by atoms with Crippen LogP contribution < -0.4 is 10.6 Å². The Labute approximate surface area is 208 Å². The predicted molar refractivity (Wildman–Crippen MR) is 135 cm³/mol. The van der Waals surface area contributed by atoms with Crippen molar-refractivity contribution in [1.82, 2.24) is 0 Å². The van der Waals surface area contributed by atoms with Crippen LogP contribution in [-0.2, 0) is 19.1 Å². The monoisotopic (exact) mass is 496 g/mol. The topological polar surface area (TPSA) is 84.5 Å². The highest BCUT2D eigenvalue weighted by Gasteiger charge is 2.11. The molecule has 0 bridgehead atoms. The molecule has 3 rings (SSSR count). The van der Waals surface area contributed by atoms with Gasteiger partial charge in [-0.05, 0) is 85.6 Å². The molecule has 0 aliphatic carbocycles. The highest BCUT2D eigenvalue weighted by atomic mass is 35.5. The van der Waals surface area contributed by atoms with Crippen LogP contribution in [0.5, 0.6) is 0 Å². The molecule has 3 aromatic carbocycles. The Morgan fingerprint density at radius 1 is 0.765 bits per heavy atom. The van der Waals surface area contributed by atoms with E-state index in [1.807, 2.05) is 68.4 Å². The summed E-state index contributed by atoms with van der Waals surface area (Å²) in [5.74, 6) is -1.35. The lowest BCUT2D eigenvalue weighted by Crippen LogP contribution is -2.21. The van der Waals surface area contributed by atoms with Gasteiger partial charge in [0.15, 0.2) is 6.61 Å². The number of benzene rings is 3. The van der Waals surface area contributed by atoms with Gasteiger partial charge in [-0.3, -0.25) is 14.4 Å². The Kier molecular flexibility index (Phi) is 9.13. The second-order valence-corrected chi connectivity index (χ2v) is 9.30. The van der Waals surface area contributed by atoms with E-state index >= 15 is 0 Å². The van der Waals surface area contributed by atoms with Crippen LogP contribution in [0.15, 0.2) is 76.5 Å². The number of rotatable bonds is 9. The van der Waals surface area contributed by atoms with E-state index < -0.39 is 18.5 Å². The molecule has 0 saturated heterocycles. The number of ether oxygens (including phenoxy) is 1. The van der Waals surface area contributed by atoms with Gasteiger partial charge < -0.3 is 15.4 Å². The molecule has 2 N–H and O–H groups in total. The first-order valence-electron chi connectivity index (χ1n) is 10.6. The van der Waals surface area contributed by atoms with Gasteiger partial charge in [-0.25, -0.2) is 0 Å². The van der Waals surface area contributed by atoms with Crippen molar-refractivity contribution >= 4 is 52.5 Å². The summed E-state index contributed by atoms with van der Waals surface area (Å²) in [6, 6.07) is 20.6. The maximum absolute atomic E-state index is 12.2. The van der Waals surface area contributed by atoms with E-state index in [1.54, 1.807) is 23.9 Å². The van der Waals surface area contributed by atoms with E-state index in [0.717, 1.165) is 20.9 Å². The molecule has 0 unspecified atom stereocenters. The van der Waals surface area contributed by atoms with Crippen LogP contribution in [0.3, 0.4) is 0 Å². The van der Waals surface area contributed by atoms with Gasteiger partial charge in [0.2, 0.25) is 5.91 Å². The molecule has 0 spiro atoms. The molecule has 0 atom stereocenters. The van der Waals surface area contributed by atoms with Crippen LogP contribution in [-0.4, -0.2) is 24.4 Å². The number of carbonyl (C=O) groups excluding carboxylic acids is 3. The summed E-state index contributed by atoms with van der Waals surface area (Å²) in [5.41, 5.74) is 3.32. The summed E-state index contributed by atoms with van der Waals surface area (Å²) in [6.45, 7) is 3.46. The summed E-state index contributed by atoms with van der Waals surface area (Å²) in [5, 5.41) is 6.13. The fraction of sp³-hybridized carbons (Fsp3) is 0.192. The van der Waals surface area contributed by atoms with Crippen molar-refractivity contribution in [3.8, 4) is 0 Å². The minimum Gasteiger partial charge on any atom is -0.456 e. The Morgan fingerprint density at radius 2 is 1.32 bits per heavy atom. The van der Waals surface area contributed by atoms with E-state index in [1.165, 1.54) is 0 Å². The molecule has 2 amide bonds. The molecule has 0 radical (unpaired) electrons. The normalized spacial score (nSPS) is 10.4. The molecule has 0 aromatic heterocycles. The summed E-state index contributed by atoms with van der Waals surface area (Å²) < 4.78 is 4.97. The largest absolute Gasteiger partial charge is 0.456 e. The number of amides is 2. The van der Waals surface area contributed by atoms with E-state index in [2.05, 4.69) is 10.6 Å². The lowest BCUT2D eigenvalue weighted by Gasteiger charge is -2.09. The summed E-state index contributed by atoms with van der Waals surface area (Å²) >= 11 is 7.49. The Morgan fingerprint density at radius 3 is 1.94 bits per heavy atom. The Hall–Kier alpha value is -3.29. The highest BCUT2D eigenvalue weighted by molar-refractivity contribution is 7.99. The summed E-state index contributed by atoms with van der Waals surface area (Å²) in [6.07, 6.45) is -0.161. The number of anilines is 2. The van der Waals surface area contributed by atoms with Crippen molar-refractivity contribution in [3.63, 3.8) is 0 Å². The maximum Gasteiger partial charge on any atom is 0.306 e. The Balaban J connectivity index is 1.37. The fourth-order valence-corrected chi connectivity index (χ4v) is 4.09. The van der Waals surface area contributed by atoms with Gasteiger partial charge in [-0.1, -0.05) is 29.4 Å². The summed E-state index contributed by atoms with van der Waals surface area (Å²) in [4.78, 5) is 38.1. The first kappa shape index (κ1) is 25.3. The van der Waals surface area contributed by atoms with Crippen LogP contribution >= 0.6 is 23.4 Å². The van der Waals surface area contributed by atoms with Gasteiger partial charge in [-0.15, -0.1) is 0 Å². The lowest BCUT2D eigenvalue weighted by molar-refractivity contribution is -0.147. The molecule has 0 fully saturated rings. The minimum atomic E-state index is -0.611. The fourth-order valence-electron chi connectivity index (χ4n) is 3.15. The molecule has 0 saturated carbocycles. The highest BCUT2D eigenvalue weighted by Crippen LogP contribution is 2.29. The van der Waals surface area contributed by atoms with Crippen molar-refractivity contribution in [1.29, 1.82) is 0 Å². The minimum absolute atomic E-state index is 0.0429. The maximum atomic E-state index is 12.2. The van der Waals surface area contributed by atoms with Gasteiger partial charge >= 0.3 is 5.97 Å². The van der Waals surface area contributed by atoms with Gasteiger partial charge in [0.05, 0.1) is 6.42 Å². The predicted octanol–water partition coefficient (Wildman–Crippen LogP) is 6.01. The van der Waals surface area contributed by atoms with E-state index in [4.69, 9.17) is 16.3 Å². The molecule has 0 aliphatic heterocycles. The third-order valence-electron chi connectivity index (χ3n) is 4.61. The van der Waals surface area contributed by atoms with Crippen molar-refractivity contribution in [2.75, 3.05) is 17.2 Å². The van der Waals surface area contributed by atoms with Crippen LogP contribution in [0.1, 0.15) is 24.0 Å². The lowest BCUT2D eigenvalue weighted by atomic mass is 10.1. The summed E-state index contributed by atoms with van der Waals surface area (Å²) in [7, 11) is 0. The molecule has 3 aromatic rings. The SMILES string of the molecule is Cc1cc(C)cc(NC(=O)COC(=O)CCC(=O)Nc2ccc(Sc3ccc(Cl)cc3)cc2)c1. The average Bonchev–Trinajstić information content (AvgIpc) is 2.78. The van der Waals surface area contributed by atoms with Gasteiger partial charge in [-0.2, -0.15) is 0 Å². The van der Waals surface area contributed by atoms with Crippen LogP contribution in [0.25, 0.3) is 0 Å². The molecule has 0 aliphatic rings. The third kappa shape index (κ3) is 8.57. The average molecular weight is 497 g/mol. The first-order chi connectivity index (χ1) is 16.3. The number of halogens is 1. The molecular weight excluding hydrogens is 472 g/mol. The molecule has 6 nitrogen and oxygen atoms in total. The van der Waals surface area contributed by atoms with Gasteiger partial charge in [0.25, 0.3) is 5.91 Å². The number of nitrogens with one attached hydrogen (secondary N) is 2. The molecular formula is C26H25ClN2O4S. The number of carbonyl (C=O) groups is 3. The number of aryl methyl sites for hydroxylation is 2. The zero-order chi connectivity index (χ0) is 24.5. The molecule has 0 heterocycles. The van der Waals surface area contributed by atoms with Gasteiger partial charge in [0, 0.05) is 32.6 Å². The van der Waals surface area contributed by atoms with Gasteiger partial charge in [0.1, 0.15) is 0 Å². The van der Waals surface area contributed by atoms with Crippen molar-refractivity contribution in [3.05, 3.63) is 82.9 Å². The zero-order valence-corrected chi connectivity index (χ0v) is 20.5. The van der Waals surface area contributed by atoms with E-state index in [-0.39, 0.29) is 18.7 Å². The van der Waals surface area contributed by atoms with Crippen molar-refractivity contribution < 1.29 is 19.1 Å². The number of hydrogen-bond donors (Lipinski definition) is 2. The first-order valence-corrected chi connectivity index (χ1v) is 11.8. The number of hydrogen-bond acceptors (Lipinski definition) is 5. The third-order valence-corrected chi connectivity index (χ3v) is 5.88. The van der Waals surface area contributed by atoms with Crippen molar-refractivity contribution in [2.24, 2.45) is 0 Å². The smallest absolute Gasteiger partial charge is 0.306 e. The molecule has 8 heteroatoms. The second kappa shape index (κ2) is 12.3. The Bertz CT molecular complexity index is 1140. The second-order valence-electron chi connectivity index (χ2n) is 7.71. The van der Waals surface area contributed by atoms with E-state index in [0.29, 0.717) is 16.4 Å². The van der Waals surface area contributed by atoms with Crippen molar-refractivity contribution in [2.45, 2.75) is 36.5 Å².